The summed E-state index contributed by atoms with van der Waals surface area (Å²) in [6, 6.07) is 4.72. The van der Waals surface area contributed by atoms with Gasteiger partial charge in [0.2, 0.25) is 0 Å². The molecule has 0 aromatic heterocycles. The van der Waals surface area contributed by atoms with Crippen molar-refractivity contribution in [3.63, 3.8) is 0 Å². The van der Waals surface area contributed by atoms with Crippen LogP contribution in [0.15, 0.2) is 18.2 Å². The summed E-state index contributed by atoms with van der Waals surface area (Å²) in [5, 5.41) is 12.1. The molecule has 0 radical (unpaired) electrons. The monoisotopic (exact) mass is 335 g/mol. The van der Waals surface area contributed by atoms with Crippen molar-refractivity contribution in [1.82, 2.24) is 5.32 Å². The number of carbonyl (C=O) groups is 2. The van der Waals surface area contributed by atoms with Crippen LogP contribution in [0.1, 0.15) is 49.9 Å². The minimum Gasteiger partial charge on any atom is -0.490 e. The first-order valence-electron chi connectivity index (χ1n) is 8.50. The van der Waals surface area contributed by atoms with Crippen LogP contribution in [0.5, 0.6) is 11.5 Å². The van der Waals surface area contributed by atoms with Crippen molar-refractivity contribution in [2.45, 2.75) is 45.6 Å². The predicted molar refractivity (Wildman–Crippen MR) is 89.6 cm³/mol. The number of carboxylic acid groups (broad SMARTS) is 1. The zero-order chi connectivity index (χ0) is 17.5. The highest BCUT2D eigenvalue weighted by Crippen LogP contribution is 2.30. The second-order valence-corrected chi connectivity index (χ2v) is 5.90. The lowest BCUT2D eigenvalue weighted by molar-refractivity contribution is -0.142. The van der Waals surface area contributed by atoms with Gasteiger partial charge in [0.25, 0.3) is 5.91 Å². The first-order chi connectivity index (χ1) is 11.6. The number of benzene rings is 1. The lowest BCUT2D eigenvalue weighted by Gasteiger charge is -2.18. The molecule has 1 amide bonds. The second-order valence-electron chi connectivity index (χ2n) is 5.90. The number of carboxylic acids is 1. The Morgan fingerprint density at radius 3 is 2.67 bits per heavy atom. The molecule has 0 spiro atoms. The molecule has 1 aromatic carbocycles. The highest BCUT2D eigenvalue weighted by molar-refractivity contribution is 5.95. The van der Waals surface area contributed by atoms with Gasteiger partial charge >= 0.3 is 5.97 Å². The SMILES string of the molecule is CCCOc1ccc(C(=O)N[C@@H]2CCC[C@@H]2C(=O)O)cc1OCC. The molecule has 0 bridgehead atoms. The maximum Gasteiger partial charge on any atom is 0.308 e. The van der Waals surface area contributed by atoms with Gasteiger partial charge in [0.1, 0.15) is 0 Å². The van der Waals surface area contributed by atoms with Crippen LogP contribution in [0.2, 0.25) is 0 Å². The van der Waals surface area contributed by atoms with Crippen molar-refractivity contribution in [3.8, 4) is 11.5 Å². The largest absolute Gasteiger partial charge is 0.490 e. The van der Waals surface area contributed by atoms with E-state index < -0.39 is 11.9 Å². The second kappa shape index (κ2) is 8.57. The fraction of sp³-hybridized carbons (Fsp3) is 0.556. The summed E-state index contributed by atoms with van der Waals surface area (Å²) in [7, 11) is 0. The Morgan fingerprint density at radius 2 is 2.00 bits per heavy atom. The number of rotatable bonds is 8. The quantitative estimate of drug-likeness (QED) is 0.763. The van der Waals surface area contributed by atoms with Gasteiger partial charge in [0, 0.05) is 11.6 Å². The molecular weight excluding hydrogens is 310 g/mol. The molecule has 2 rings (SSSR count). The molecule has 1 aromatic rings. The summed E-state index contributed by atoms with van der Waals surface area (Å²) >= 11 is 0. The standard InChI is InChI=1S/C18H25NO5/c1-3-10-24-15-9-8-12(11-16(15)23-4-2)17(20)19-14-7-5-6-13(14)18(21)22/h8-9,11,13-14H,3-7,10H2,1-2H3,(H,19,20)(H,21,22)/t13-,14+/m0/s1. The summed E-state index contributed by atoms with van der Waals surface area (Å²) in [6.07, 6.45) is 2.99. The third-order valence-electron chi connectivity index (χ3n) is 4.12. The number of ether oxygens (including phenoxy) is 2. The summed E-state index contributed by atoms with van der Waals surface area (Å²) in [4.78, 5) is 23.7. The number of nitrogens with one attached hydrogen (secondary N) is 1. The molecule has 0 saturated heterocycles. The molecule has 132 valence electrons. The Labute approximate surface area is 142 Å². The van der Waals surface area contributed by atoms with Gasteiger partial charge in [-0.05, 0) is 44.4 Å². The van der Waals surface area contributed by atoms with E-state index in [1.807, 2.05) is 13.8 Å². The third kappa shape index (κ3) is 4.40. The molecule has 2 N–H and O–H groups in total. The van der Waals surface area contributed by atoms with Crippen LogP contribution in [-0.2, 0) is 4.79 Å². The third-order valence-corrected chi connectivity index (χ3v) is 4.12. The Balaban J connectivity index is 2.11. The van der Waals surface area contributed by atoms with Crippen LogP contribution in [0.25, 0.3) is 0 Å². The van der Waals surface area contributed by atoms with E-state index in [1.165, 1.54) is 0 Å². The Morgan fingerprint density at radius 1 is 1.21 bits per heavy atom. The van der Waals surface area contributed by atoms with Gasteiger partial charge in [0.05, 0.1) is 19.1 Å². The maximum absolute atomic E-state index is 12.5. The minimum absolute atomic E-state index is 0.281. The maximum atomic E-state index is 12.5. The summed E-state index contributed by atoms with van der Waals surface area (Å²) < 4.78 is 11.2. The average molecular weight is 335 g/mol. The number of hydrogen-bond donors (Lipinski definition) is 2. The highest BCUT2D eigenvalue weighted by Gasteiger charge is 2.34. The predicted octanol–water partition coefficient (Wildman–Crippen LogP) is 2.86. The lowest BCUT2D eigenvalue weighted by Crippen LogP contribution is -2.40. The van der Waals surface area contributed by atoms with Crippen molar-refractivity contribution in [2.75, 3.05) is 13.2 Å². The fourth-order valence-corrected chi connectivity index (χ4v) is 2.93. The highest BCUT2D eigenvalue weighted by atomic mass is 16.5. The minimum atomic E-state index is -0.851. The molecular formula is C18H25NO5. The van der Waals surface area contributed by atoms with Crippen molar-refractivity contribution >= 4 is 11.9 Å². The molecule has 0 unspecified atom stereocenters. The molecule has 24 heavy (non-hydrogen) atoms. The van der Waals surface area contributed by atoms with Crippen LogP contribution < -0.4 is 14.8 Å². The Bertz CT molecular complexity index is 587. The van der Waals surface area contributed by atoms with Crippen molar-refractivity contribution in [3.05, 3.63) is 23.8 Å². The van der Waals surface area contributed by atoms with Gasteiger partial charge in [-0.1, -0.05) is 13.3 Å². The van der Waals surface area contributed by atoms with E-state index in [2.05, 4.69) is 5.32 Å². The molecule has 1 saturated carbocycles. The van der Waals surface area contributed by atoms with Crippen molar-refractivity contribution in [2.24, 2.45) is 5.92 Å². The smallest absolute Gasteiger partial charge is 0.308 e. The zero-order valence-electron chi connectivity index (χ0n) is 14.2. The van der Waals surface area contributed by atoms with Gasteiger partial charge in [-0.3, -0.25) is 9.59 Å². The zero-order valence-corrected chi connectivity index (χ0v) is 14.2. The van der Waals surface area contributed by atoms with Crippen LogP contribution in [-0.4, -0.2) is 36.2 Å². The van der Waals surface area contributed by atoms with Gasteiger partial charge in [-0.15, -0.1) is 0 Å². The summed E-state index contributed by atoms with van der Waals surface area (Å²) in [5.74, 6) is -0.501. The van der Waals surface area contributed by atoms with Crippen LogP contribution in [0.3, 0.4) is 0 Å². The molecule has 0 heterocycles. The van der Waals surface area contributed by atoms with Gasteiger partial charge in [-0.25, -0.2) is 0 Å². The first kappa shape index (κ1) is 18.1. The molecule has 1 aliphatic carbocycles. The van der Waals surface area contributed by atoms with Crippen molar-refractivity contribution < 1.29 is 24.2 Å². The molecule has 6 heteroatoms. The fourth-order valence-electron chi connectivity index (χ4n) is 2.93. The van der Waals surface area contributed by atoms with Gasteiger partial charge in [-0.2, -0.15) is 0 Å². The van der Waals surface area contributed by atoms with E-state index in [9.17, 15) is 14.7 Å². The van der Waals surface area contributed by atoms with Crippen LogP contribution in [0, 0.1) is 5.92 Å². The van der Waals surface area contributed by atoms with E-state index in [1.54, 1.807) is 18.2 Å². The van der Waals surface area contributed by atoms with E-state index in [0.29, 0.717) is 43.1 Å². The normalized spacial score (nSPS) is 19.8. The summed E-state index contributed by atoms with van der Waals surface area (Å²) in [6.45, 7) is 4.93. The van der Waals surface area contributed by atoms with Gasteiger partial charge in [0.15, 0.2) is 11.5 Å². The number of hydrogen-bond acceptors (Lipinski definition) is 4. The van der Waals surface area contributed by atoms with Crippen LogP contribution >= 0.6 is 0 Å². The number of carbonyl (C=O) groups excluding carboxylic acids is 1. The van der Waals surface area contributed by atoms with E-state index in [-0.39, 0.29) is 11.9 Å². The lowest BCUT2D eigenvalue weighted by atomic mass is 10.0. The number of amides is 1. The van der Waals surface area contributed by atoms with E-state index in [0.717, 1.165) is 12.8 Å². The van der Waals surface area contributed by atoms with E-state index in [4.69, 9.17) is 9.47 Å². The molecule has 1 fully saturated rings. The number of aliphatic carboxylic acids is 1. The van der Waals surface area contributed by atoms with Crippen molar-refractivity contribution in [1.29, 1.82) is 0 Å². The average Bonchev–Trinajstić information content (AvgIpc) is 3.02. The molecule has 2 atom stereocenters. The molecule has 1 aliphatic rings. The molecule has 6 nitrogen and oxygen atoms in total. The summed E-state index contributed by atoms with van der Waals surface area (Å²) in [5.41, 5.74) is 0.443. The topological polar surface area (TPSA) is 84.9 Å². The van der Waals surface area contributed by atoms with E-state index >= 15 is 0 Å². The molecule has 0 aliphatic heterocycles. The first-order valence-corrected chi connectivity index (χ1v) is 8.50. The van der Waals surface area contributed by atoms with Crippen LogP contribution in [0.4, 0.5) is 0 Å². The Hall–Kier alpha value is -2.24. The van der Waals surface area contributed by atoms with Gasteiger partial charge < -0.3 is 19.9 Å². The Kier molecular flexibility index (Phi) is 6.46.